The molecule has 2 heterocycles. The lowest BCUT2D eigenvalue weighted by Gasteiger charge is -2.34. The van der Waals surface area contributed by atoms with E-state index in [0.717, 1.165) is 31.5 Å². The van der Waals surface area contributed by atoms with Crippen molar-refractivity contribution in [1.29, 1.82) is 0 Å². The summed E-state index contributed by atoms with van der Waals surface area (Å²) in [5, 5.41) is 6.88. The van der Waals surface area contributed by atoms with Gasteiger partial charge in [-0.1, -0.05) is 23.7 Å². The number of carbonyl (C=O) groups excluding carboxylic acids is 2. The lowest BCUT2D eigenvalue weighted by atomic mass is 9.92. The Balaban J connectivity index is 0.00000225. The van der Waals surface area contributed by atoms with Gasteiger partial charge >= 0.3 is 0 Å². The molecule has 0 saturated carbocycles. The van der Waals surface area contributed by atoms with Crippen molar-refractivity contribution >= 4 is 41.5 Å². The first-order valence-corrected chi connectivity index (χ1v) is 9.03. The second-order valence-electron chi connectivity index (χ2n) is 6.72. The van der Waals surface area contributed by atoms with Gasteiger partial charge < -0.3 is 15.5 Å². The smallest absolute Gasteiger partial charge is 0.249 e. The van der Waals surface area contributed by atoms with Gasteiger partial charge in [-0.3, -0.25) is 9.59 Å². The molecule has 5 nitrogen and oxygen atoms in total. The summed E-state index contributed by atoms with van der Waals surface area (Å²) in [5.41, 5.74) is 0.721. The lowest BCUT2D eigenvalue weighted by molar-refractivity contribution is -0.131. The van der Waals surface area contributed by atoms with E-state index in [1.165, 1.54) is 0 Å². The molecule has 25 heavy (non-hydrogen) atoms. The Hall–Kier alpha value is -1.30. The van der Waals surface area contributed by atoms with Crippen molar-refractivity contribution in [3.05, 3.63) is 29.3 Å². The summed E-state index contributed by atoms with van der Waals surface area (Å²) >= 11 is 6.23. The molecule has 138 valence electrons. The number of anilines is 1. The highest BCUT2D eigenvalue weighted by atomic mass is 35.5. The van der Waals surface area contributed by atoms with Crippen LogP contribution in [-0.2, 0) is 9.59 Å². The van der Waals surface area contributed by atoms with Crippen LogP contribution in [-0.4, -0.2) is 37.0 Å². The summed E-state index contributed by atoms with van der Waals surface area (Å²) in [7, 11) is 0. The third kappa shape index (κ3) is 4.66. The van der Waals surface area contributed by atoms with E-state index in [4.69, 9.17) is 11.6 Å². The van der Waals surface area contributed by atoms with Crippen LogP contribution in [0.15, 0.2) is 24.3 Å². The number of nitrogens with zero attached hydrogens (tertiary/aromatic N) is 1. The summed E-state index contributed by atoms with van der Waals surface area (Å²) in [6.45, 7) is 3.58. The summed E-state index contributed by atoms with van der Waals surface area (Å²) in [6, 6.07) is 7.23. The van der Waals surface area contributed by atoms with E-state index in [2.05, 4.69) is 17.6 Å². The van der Waals surface area contributed by atoms with Crippen LogP contribution in [0, 0.1) is 5.92 Å². The standard InChI is InChI=1S/C18H24ClN3O2.ClH/c1-12-11-13(8-9-20-12)17(23)21-15-6-4-10-22(18(15)24)16-7-3-2-5-14(16)19;/h2-3,5,7,12-13,15,20H,4,6,8-11H2,1H3,(H,21,23);1H/t12-,13-,15?;/m0./s1. The molecule has 2 saturated heterocycles. The molecular formula is C18H25Cl2N3O2. The van der Waals surface area contributed by atoms with E-state index < -0.39 is 6.04 Å². The Morgan fingerprint density at radius 3 is 2.80 bits per heavy atom. The molecule has 2 aliphatic rings. The van der Waals surface area contributed by atoms with E-state index >= 15 is 0 Å². The molecule has 0 bridgehead atoms. The molecule has 7 heteroatoms. The molecule has 1 unspecified atom stereocenters. The van der Waals surface area contributed by atoms with Crippen LogP contribution in [0.5, 0.6) is 0 Å². The van der Waals surface area contributed by atoms with Crippen LogP contribution < -0.4 is 15.5 Å². The van der Waals surface area contributed by atoms with Gasteiger partial charge in [0, 0.05) is 18.5 Å². The molecule has 2 fully saturated rings. The molecule has 2 amide bonds. The van der Waals surface area contributed by atoms with E-state index in [-0.39, 0.29) is 30.1 Å². The second-order valence-corrected chi connectivity index (χ2v) is 7.13. The average Bonchev–Trinajstić information content (AvgIpc) is 2.57. The number of hydrogen-bond donors (Lipinski definition) is 2. The van der Waals surface area contributed by atoms with Crippen LogP contribution in [0.2, 0.25) is 5.02 Å². The fourth-order valence-corrected chi connectivity index (χ4v) is 3.82. The average molecular weight is 386 g/mol. The molecule has 3 rings (SSSR count). The third-order valence-electron chi connectivity index (χ3n) is 4.89. The number of rotatable bonds is 3. The molecule has 0 aliphatic carbocycles. The Bertz CT molecular complexity index is 626. The van der Waals surface area contributed by atoms with Gasteiger partial charge in [0.15, 0.2) is 0 Å². The molecule has 2 aliphatic heterocycles. The van der Waals surface area contributed by atoms with Gasteiger partial charge in [-0.2, -0.15) is 0 Å². The molecule has 0 aromatic heterocycles. The van der Waals surface area contributed by atoms with E-state index in [9.17, 15) is 9.59 Å². The molecule has 3 atom stereocenters. The van der Waals surface area contributed by atoms with Gasteiger partial charge in [0.1, 0.15) is 6.04 Å². The van der Waals surface area contributed by atoms with Gasteiger partial charge in [0.05, 0.1) is 10.7 Å². The summed E-state index contributed by atoms with van der Waals surface area (Å²) < 4.78 is 0. The number of halogens is 2. The molecule has 2 N–H and O–H groups in total. The quantitative estimate of drug-likeness (QED) is 0.840. The highest BCUT2D eigenvalue weighted by Crippen LogP contribution is 2.28. The summed E-state index contributed by atoms with van der Waals surface area (Å²) in [4.78, 5) is 27.0. The normalized spacial score (nSPS) is 26.7. The summed E-state index contributed by atoms with van der Waals surface area (Å²) in [6.07, 6.45) is 3.18. The van der Waals surface area contributed by atoms with Crippen LogP contribution >= 0.6 is 24.0 Å². The maximum Gasteiger partial charge on any atom is 0.249 e. The topological polar surface area (TPSA) is 61.4 Å². The van der Waals surface area contributed by atoms with Crippen LogP contribution in [0.3, 0.4) is 0 Å². The van der Waals surface area contributed by atoms with E-state index in [1.807, 2.05) is 18.2 Å². The van der Waals surface area contributed by atoms with Crippen LogP contribution in [0.1, 0.15) is 32.6 Å². The second kappa shape index (κ2) is 8.88. The Kier molecular flexibility index (Phi) is 7.11. The number of carbonyl (C=O) groups is 2. The van der Waals surface area contributed by atoms with Crippen molar-refractivity contribution in [3.8, 4) is 0 Å². The lowest BCUT2D eigenvalue weighted by Crippen LogP contribution is -2.54. The number of amides is 2. The van der Waals surface area contributed by atoms with Gasteiger partial charge in [-0.05, 0) is 51.3 Å². The van der Waals surface area contributed by atoms with Crippen molar-refractivity contribution in [2.24, 2.45) is 5.92 Å². The zero-order valence-corrected chi connectivity index (χ0v) is 15.9. The number of piperidine rings is 2. The minimum atomic E-state index is -0.451. The fraction of sp³-hybridized carbons (Fsp3) is 0.556. The van der Waals surface area contributed by atoms with E-state index in [0.29, 0.717) is 24.0 Å². The van der Waals surface area contributed by atoms with Gasteiger partial charge in [0.25, 0.3) is 0 Å². The molecule has 1 aromatic rings. The highest BCUT2D eigenvalue weighted by Gasteiger charge is 2.34. The Morgan fingerprint density at radius 1 is 1.32 bits per heavy atom. The van der Waals surface area contributed by atoms with E-state index in [1.54, 1.807) is 11.0 Å². The first kappa shape index (κ1) is 20.0. The van der Waals surface area contributed by atoms with Crippen molar-refractivity contribution in [3.63, 3.8) is 0 Å². The summed E-state index contributed by atoms with van der Waals surface area (Å²) in [5.74, 6) is -0.0721. The van der Waals surface area contributed by atoms with Crippen molar-refractivity contribution in [2.45, 2.75) is 44.7 Å². The van der Waals surface area contributed by atoms with Gasteiger partial charge in [-0.15, -0.1) is 12.4 Å². The molecular weight excluding hydrogens is 361 g/mol. The maximum absolute atomic E-state index is 12.8. The number of benzene rings is 1. The fourth-order valence-electron chi connectivity index (χ4n) is 3.58. The third-order valence-corrected chi connectivity index (χ3v) is 5.21. The SMILES string of the molecule is C[C@H]1C[C@@H](C(=O)NC2CCCN(c3ccccc3Cl)C2=O)CCN1.Cl. The van der Waals surface area contributed by atoms with Gasteiger partial charge in [0.2, 0.25) is 11.8 Å². The highest BCUT2D eigenvalue weighted by molar-refractivity contribution is 6.33. The monoisotopic (exact) mass is 385 g/mol. The minimum Gasteiger partial charge on any atom is -0.344 e. The maximum atomic E-state index is 12.8. The van der Waals surface area contributed by atoms with Crippen molar-refractivity contribution in [2.75, 3.05) is 18.0 Å². The van der Waals surface area contributed by atoms with Crippen LogP contribution in [0.4, 0.5) is 5.69 Å². The Morgan fingerprint density at radius 2 is 2.08 bits per heavy atom. The molecule has 1 aromatic carbocycles. The molecule has 0 radical (unpaired) electrons. The molecule has 0 spiro atoms. The van der Waals surface area contributed by atoms with Crippen molar-refractivity contribution in [1.82, 2.24) is 10.6 Å². The number of hydrogen-bond acceptors (Lipinski definition) is 3. The first-order valence-electron chi connectivity index (χ1n) is 8.66. The number of nitrogens with one attached hydrogen (secondary N) is 2. The largest absolute Gasteiger partial charge is 0.344 e. The predicted molar refractivity (Wildman–Crippen MR) is 102 cm³/mol. The van der Waals surface area contributed by atoms with Crippen molar-refractivity contribution < 1.29 is 9.59 Å². The van der Waals surface area contributed by atoms with Crippen LogP contribution in [0.25, 0.3) is 0 Å². The minimum absolute atomic E-state index is 0. The zero-order valence-electron chi connectivity index (χ0n) is 14.3. The predicted octanol–water partition coefficient (Wildman–Crippen LogP) is 2.76. The first-order chi connectivity index (χ1) is 11.6. The zero-order chi connectivity index (χ0) is 17.1. The van der Waals surface area contributed by atoms with Gasteiger partial charge in [-0.25, -0.2) is 0 Å². The Labute approximate surface area is 159 Å². The number of para-hydroxylation sites is 1.